The molecule has 4 rings (SSSR count). The number of benzene rings is 1. The van der Waals surface area contributed by atoms with E-state index >= 15 is 0 Å². The van der Waals surface area contributed by atoms with Crippen molar-refractivity contribution < 1.29 is 14.3 Å². The van der Waals surface area contributed by atoms with Gasteiger partial charge in [-0.3, -0.25) is 0 Å². The van der Waals surface area contributed by atoms with Crippen LogP contribution in [0.1, 0.15) is 67.1 Å². The lowest BCUT2D eigenvalue weighted by Crippen LogP contribution is -2.26. The zero-order valence-corrected chi connectivity index (χ0v) is 13.0. The predicted molar refractivity (Wildman–Crippen MR) is 79.2 cm³/mol. The van der Waals surface area contributed by atoms with Crippen molar-refractivity contribution in [2.45, 2.75) is 57.7 Å². The molecule has 21 heavy (non-hydrogen) atoms. The lowest BCUT2D eigenvalue weighted by molar-refractivity contribution is -0.172. The molecule has 1 aromatic carbocycles. The first-order valence-corrected chi connectivity index (χ1v) is 7.97. The van der Waals surface area contributed by atoms with Crippen LogP contribution in [0.5, 0.6) is 0 Å². The quantitative estimate of drug-likeness (QED) is 0.682. The summed E-state index contributed by atoms with van der Waals surface area (Å²) in [7, 11) is 0. The Hall–Kier alpha value is -1.35. The Morgan fingerprint density at radius 2 is 2.00 bits per heavy atom. The van der Waals surface area contributed by atoms with Crippen molar-refractivity contribution in [3.63, 3.8) is 0 Å². The lowest BCUT2D eigenvalue weighted by atomic mass is 9.71. The van der Waals surface area contributed by atoms with Crippen molar-refractivity contribution in [1.29, 1.82) is 0 Å². The van der Waals surface area contributed by atoms with Crippen molar-refractivity contribution in [2.75, 3.05) is 6.61 Å². The Balaban J connectivity index is 1.91. The molecule has 1 aliphatic carbocycles. The maximum Gasteiger partial charge on any atom is 0.341 e. The van der Waals surface area contributed by atoms with E-state index in [-0.39, 0.29) is 11.4 Å². The van der Waals surface area contributed by atoms with Crippen LogP contribution < -0.4 is 0 Å². The fourth-order valence-corrected chi connectivity index (χ4v) is 4.30. The summed E-state index contributed by atoms with van der Waals surface area (Å²) in [4.78, 5) is 12.5. The predicted octanol–water partition coefficient (Wildman–Crippen LogP) is 3.68. The average molecular weight is 286 g/mol. The van der Waals surface area contributed by atoms with Gasteiger partial charge < -0.3 is 9.47 Å². The van der Waals surface area contributed by atoms with E-state index in [9.17, 15) is 4.79 Å². The van der Waals surface area contributed by atoms with Crippen molar-refractivity contribution >= 4 is 5.97 Å². The summed E-state index contributed by atoms with van der Waals surface area (Å²) in [5.41, 5.74) is 4.42. The normalized spacial score (nSPS) is 32.9. The minimum absolute atomic E-state index is 0.141. The van der Waals surface area contributed by atoms with Gasteiger partial charge in [-0.1, -0.05) is 32.9 Å². The second kappa shape index (κ2) is 4.10. The maximum atomic E-state index is 12.5. The molecule has 0 aromatic heterocycles. The standard InChI is InChI=1S/C18H22O3/c1-11-9-18(20-10-11)14-7-6-13-12(15(14)16(19)21-18)5-4-8-17(13,2)3/h6-7,11H,4-5,8-10H2,1-3H3/t11-,18-/m1/s1. The minimum atomic E-state index is -0.803. The number of fused-ring (bicyclic) bond motifs is 4. The van der Waals surface area contributed by atoms with Gasteiger partial charge >= 0.3 is 5.97 Å². The zero-order valence-electron chi connectivity index (χ0n) is 13.0. The molecule has 112 valence electrons. The molecule has 0 saturated carbocycles. The summed E-state index contributed by atoms with van der Waals surface area (Å²) in [5, 5.41) is 0. The molecule has 1 aromatic rings. The van der Waals surface area contributed by atoms with Crippen LogP contribution >= 0.6 is 0 Å². The molecule has 1 saturated heterocycles. The van der Waals surface area contributed by atoms with Gasteiger partial charge in [-0.15, -0.1) is 0 Å². The Morgan fingerprint density at radius 1 is 1.24 bits per heavy atom. The zero-order chi connectivity index (χ0) is 14.8. The van der Waals surface area contributed by atoms with Gasteiger partial charge in [0.2, 0.25) is 5.79 Å². The molecule has 0 amide bonds. The Morgan fingerprint density at radius 3 is 2.71 bits per heavy atom. The largest absolute Gasteiger partial charge is 0.425 e. The van der Waals surface area contributed by atoms with E-state index in [1.54, 1.807) is 0 Å². The molecule has 3 heteroatoms. The highest BCUT2D eigenvalue weighted by molar-refractivity contribution is 5.96. The third kappa shape index (κ3) is 1.73. The monoisotopic (exact) mass is 286 g/mol. The third-order valence-electron chi connectivity index (χ3n) is 5.36. The number of ether oxygens (including phenoxy) is 2. The fraction of sp³-hybridized carbons (Fsp3) is 0.611. The topological polar surface area (TPSA) is 35.5 Å². The number of esters is 1. The molecule has 3 aliphatic rings. The molecule has 0 unspecified atom stereocenters. The first kappa shape index (κ1) is 13.3. The van der Waals surface area contributed by atoms with Crippen LogP contribution in [0.25, 0.3) is 0 Å². The van der Waals surface area contributed by atoms with Gasteiger partial charge in [-0.2, -0.15) is 0 Å². The molecular weight excluding hydrogens is 264 g/mol. The van der Waals surface area contributed by atoms with Crippen LogP contribution in [0.15, 0.2) is 12.1 Å². The molecule has 0 radical (unpaired) electrons. The molecule has 2 heterocycles. The van der Waals surface area contributed by atoms with Crippen LogP contribution in [0.2, 0.25) is 0 Å². The summed E-state index contributed by atoms with van der Waals surface area (Å²) in [5.74, 6) is -0.562. The van der Waals surface area contributed by atoms with E-state index in [4.69, 9.17) is 9.47 Å². The highest BCUT2D eigenvalue weighted by atomic mass is 16.7. The van der Waals surface area contributed by atoms with E-state index in [0.29, 0.717) is 12.5 Å². The van der Waals surface area contributed by atoms with Gasteiger partial charge in [-0.05, 0) is 41.7 Å². The molecule has 0 bridgehead atoms. The molecule has 3 nitrogen and oxygen atoms in total. The van der Waals surface area contributed by atoms with Crippen LogP contribution in [0.4, 0.5) is 0 Å². The number of hydrogen-bond donors (Lipinski definition) is 0. The van der Waals surface area contributed by atoms with E-state index in [1.165, 1.54) is 17.5 Å². The maximum absolute atomic E-state index is 12.5. The number of hydrogen-bond acceptors (Lipinski definition) is 3. The van der Waals surface area contributed by atoms with Crippen molar-refractivity contribution in [3.05, 3.63) is 34.4 Å². The van der Waals surface area contributed by atoms with E-state index in [0.717, 1.165) is 30.4 Å². The number of carbonyl (C=O) groups excluding carboxylic acids is 1. The van der Waals surface area contributed by atoms with Gasteiger partial charge in [0.25, 0.3) is 0 Å². The smallest absolute Gasteiger partial charge is 0.341 e. The van der Waals surface area contributed by atoms with Crippen LogP contribution in [-0.2, 0) is 27.1 Å². The van der Waals surface area contributed by atoms with Crippen LogP contribution in [0, 0.1) is 5.92 Å². The Kier molecular flexibility index (Phi) is 2.60. The van der Waals surface area contributed by atoms with Crippen LogP contribution in [-0.4, -0.2) is 12.6 Å². The van der Waals surface area contributed by atoms with E-state index in [2.05, 4.69) is 32.9 Å². The summed E-state index contributed by atoms with van der Waals surface area (Å²) in [6.07, 6.45) is 4.05. The molecule has 0 N–H and O–H groups in total. The molecule has 2 atom stereocenters. The SMILES string of the molecule is C[C@H]1CO[C@]2(C1)OC(=O)c1c2ccc2c1CCCC2(C)C. The van der Waals surface area contributed by atoms with Crippen LogP contribution in [0.3, 0.4) is 0 Å². The first-order chi connectivity index (χ1) is 9.93. The number of carbonyl (C=O) groups is 1. The average Bonchev–Trinajstić information content (AvgIpc) is 2.91. The van der Waals surface area contributed by atoms with Crippen molar-refractivity contribution in [2.24, 2.45) is 5.92 Å². The Bertz CT molecular complexity index is 632. The van der Waals surface area contributed by atoms with Gasteiger partial charge in [0.1, 0.15) is 0 Å². The lowest BCUT2D eigenvalue weighted by Gasteiger charge is -2.33. The number of rotatable bonds is 0. The highest BCUT2D eigenvalue weighted by Crippen LogP contribution is 2.50. The van der Waals surface area contributed by atoms with Gasteiger partial charge in [0.15, 0.2) is 0 Å². The minimum Gasteiger partial charge on any atom is -0.425 e. The Labute approximate surface area is 125 Å². The second-order valence-electron chi connectivity index (χ2n) is 7.51. The molecule has 1 spiro atoms. The van der Waals surface area contributed by atoms with Crippen molar-refractivity contribution in [3.8, 4) is 0 Å². The summed E-state index contributed by atoms with van der Waals surface area (Å²) >= 11 is 0. The molecular formula is C18H22O3. The van der Waals surface area contributed by atoms with Gasteiger partial charge in [0, 0.05) is 12.0 Å². The summed E-state index contributed by atoms with van der Waals surface area (Å²) < 4.78 is 11.6. The second-order valence-corrected chi connectivity index (χ2v) is 7.51. The van der Waals surface area contributed by atoms with Gasteiger partial charge in [-0.25, -0.2) is 4.79 Å². The van der Waals surface area contributed by atoms with Crippen molar-refractivity contribution in [1.82, 2.24) is 0 Å². The van der Waals surface area contributed by atoms with Gasteiger partial charge in [0.05, 0.1) is 12.2 Å². The highest BCUT2D eigenvalue weighted by Gasteiger charge is 2.52. The first-order valence-electron chi connectivity index (χ1n) is 7.97. The summed E-state index contributed by atoms with van der Waals surface area (Å²) in [6.45, 7) is 7.33. The fourth-order valence-electron chi connectivity index (χ4n) is 4.30. The molecule has 1 fully saturated rings. The van der Waals surface area contributed by atoms with E-state index < -0.39 is 5.79 Å². The summed E-state index contributed by atoms with van der Waals surface area (Å²) in [6, 6.07) is 4.27. The van der Waals surface area contributed by atoms with E-state index in [1.807, 2.05) is 0 Å². The third-order valence-corrected chi connectivity index (χ3v) is 5.36. The molecule has 2 aliphatic heterocycles.